The SMILES string of the molecule is CC[C@H](NC(=O)NCc1ccccc1F)C(=O)O. The minimum absolute atomic E-state index is 0.00849. The number of carboxylic acid groups (broad SMARTS) is 1. The van der Waals surface area contributed by atoms with E-state index < -0.39 is 23.9 Å². The Labute approximate surface area is 104 Å². The first-order chi connectivity index (χ1) is 8.54. The van der Waals surface area contributed by atoms with E-state index in [1.165, 1.54) is 6.07 Å². The van der Waals surface area contributed by atoms with Crippen molar-refractivity contribution >= 4 is 12.0 Å². The smallest absolute Gasteiger partial charge is 0.326 e. The number of amides is 2. The molecular weight excluding hydrogens is 239 g/mol. The van der Waals surface area contributed by atoms with Gasteiger partial charge in [-0.3, -0.25) is 0 Å². The van der Waals surface area contributed by atoms with Crippen LogP contribution >= 0.6 is 0 Å². The fourth-order valence-corrected chi connectivity index (χ4v) is 1.36. The lowest BCUT2D eigenvalue weighted by molar-refractivity contribution is -0.139. The van der Waals surface area contributed by atoms with Crippen LogP contribution < -0.4 is 10.6 Å². The summed E-state index contributed by atoms with van der Waals surface area (Å²) in [6, 6.07) is 4.48. The topological polar surface area (TPSA) is 78.4 Å². The van der Waals surface area contributed by atoms with E-state index in [2.05, 4.69) is 10.6 Å². The summed E-state index contributed by atoms with van der Waals surface area (Å²) in [5.74, 6) is -1.51. The Kier molecular flexibility index (Phi) is 5.10. The van der Waals surface area contributed by atoms with Gasteiger partial charge in [0.2, 0.25) is 0 Å². The Hall–Kier alpha value is -2.11. The van der Waals surface area contributed by atoms with E-state index in [9.17, 15) is 14.0 Å². The molecule has 0 saturated heterocycles. The van der Waals surface area contributed by atoms with E-state index >= 15 is 0 Å². The Morgan fingerprint density at radius 1 is 1.39 bits per heavy atom. The molecule has 0 aromatic heterocycles. The second-order valence-electron chi connectivity index (χ2n) is 3.72. The highest BCUT2D eigenvalue weighted by Crippen LogP contribution is 2.05. The molecule has 1 atom stereocenters. The van der Waals surface area contributed by atoms with Crippen LogP contribution in [-0.2, 0) is 11.3 Å². The molecule has 3 N–H and O–H groups in total. The largest absolute Gasteiger partial charge is 0.480 e. The predicted octanol–water partition coefficient (Wildman–Crippen LogP) is 1.49. The average Bonchev–Trinajstić information content (AvgIpc) is 2.34. The Morgan fingerprint density at radius 2 is 2.06 bits per heavy atom. The maximum Gasteiger partial charge on any atom is 0.326 e. The molecular formula is C12H15FN2O3. The molecule has 0 aliphatic rings. The molecule has 1 rings (SSSR count). The summed E-state index contributed by atoms with van der Waals surface area (Å²) in [6.45, 7) is 1.66. The van der Waals surface area contributed by atoms with Crippen LogP contribution in [0.5, 0.6) is 0 Å². The van der Waals surface area contributed by atoms with E-state index in [4.69, 9.17) is 5.11 Å². The van der Waals surface area contributed by atoms with Crippen molar-refractivity contribution in [3.63, 3.8) is 0 Å². The molecule has 6 heteroatoms. The number of carboxylic acids is 1. The molecule has 0 aliphatic heterocycles. The fraction of sp³-hybridized carbons (Fsp3) is 0.333. The van der Waals surface area contributed by atoms with E-state index in [-0.39, 0.29) is 13.0 Å². The van der Waals surface area contributed by atoms with Crippen LogP contribution in [0.3, 0.4) is 0 Å². The summed E-state index contributed by atoms with van der Waals surface area (Å²) in [7, 11) is 0. The lowest BCUT2D eigenvalue weighted by Crippen LogP contribution is -2.45. The number of benzene rings is 1. The number of hydrogen-bond donors (Lipinski definition) is 3. The summed E-state index contributed by atoms with van der Waals surface area (Å²) >= 11 is 0. The van der Waals surface area contributed by atoms with E-state index in [0.717, 1.165) is 0 Å². The van der Waals surface area contributed by atoms with Crippen LogP contribution in [0.15, 0.2) is 24.3 Å². The normalized spacial score (nSPS) is 11.7. The van der Waals surface area contributed by atoms with Crippen molar-refractivity contribution in [2.45, 2.75) is 25.9 Å². The molecule has 0 heterocycles. The second-order valence-corrected chi connectivity index (χ2v) is 3.72. The van der Waals surface area contributed by atoms with Crippen LogP contribution in [0, 0.1) is 5.82 Å². The Bertz CT molecular complexity index is 437. The molecule has 0 bridgehead atoms. The van der Waals surface area contributed by atoms with Crippen molar-refractivity contribution in [3.8, 4) is 0 Å². The first-order valence-electron chi connectivity index (χ1n) is 5.55. The van der Waals surface area contributed by atoms with Gasteiger partial charge >= 0.3 is 12.0 Å². The maximum absolute atomic E-state index is 13.2. The lowest BCUT2D eigenvalue weighted by atomic mass is 10.2. The average molecular weight is 254 g/mol. The molecule has 5 nitrogen and oxygen atoms in total. The number of hydrogen-bond acceptors (Lipinski definition) is 2. The molecule has 2 amide bonds. The molecule has 0 radical (unpaired) electrons. The molecule has 18 heavy (non-hydrogen) atoms. The summed E-state index contributed by atoms with van der Waals surface area (Å²) < 4.78 is 13.2. The van der Waals surface area contributed by atoms with Gasteiger partial charge < -0.3 is 15.7 Å². The summed E-state index contributed by atoms with van der Waals surface area (Å²) in [4.78, 5) is 22.1. The number of halogens is 1. The van der Waals surface area contributed by atoms with Crippen molar-refractivity contribution in [1.82, 2.24) is 10.6 Å². The van der Waals surface area contributed by atoms with Crippen LogP contribution in [0.1, 0.15) is 18.9 Å². The predicted molar refractivity (Wildman–Crippen MR) is 63.5 cm³/mol. The van der Waals surface area contributed by atoms with E-state index in [1.807, 2.05) is 0 Å². The maximum atomic E-state index is 13.2. The monoisotopic (exact) mass is 254 g/mol. The molecule has 0 aliphatic carbocycles. The quantitative estimate of drug-likeness (QED) is 0.744. The van der Waals surface area contributed by atoms with Gasteiger partial charge in [0, 0.05) is 12.1 Å². The van der Waals surface area contributed by atoms with Crippen LogP contribution in [0.4, 0.5) is 9.18 Å². The van der Waals surface area contributed by atoms with Gasteiger partial charge in [0.25, 0.3) is 0 Å². The minimum Gasteiger partial charge on any atom is -0.480 e. The van der Waals surface area contributed by atoms with E-state index in [1.54, 1.807) is 25.1 Å². The first-order valence-corrected chi connectivity index (χ1v) is 5.55. The van der Waals surface area contributed by atoms with Gasteiger partial charge in [0.1, 0.15) is 11.9 Å². The Balaban J connectivity index is 2.47. The lowest BCUT2D eigenvalue weighted by Gasteiger charge is -2.13. The third-order valence-electron chi connectivity index (χ3n) is 2.41. The highest BCUT2D eigenvalue weighted by Gasteiger charge is 2.17. The highest BCUT2D eigenvalue weighted by atomic mass is 19.1. The zero-order chi connectivity index (χ0) is 13.5. The van der Waals surface area contributed by atoms with Crippen LogP contribution in [-0.4, -0.2) is 23.1 Å². The molecule has 0 fully saturated rings. The number of aliphatic carboxylic acids is 1. The zero-order valence-electron chi connectivity index (χ0n) is 9.94. The second kappa shape index (κ2) is 6.58. The van der Waals surface area contributed by atoms with Crippen LogP contribution in [0.25, 0.3) is 0 Å². The molecule has 0 saturated carbocycles. The number of carbonyl (C=O) groups excluding carboxylic acids is 1. The molecule has 0 unspecified atom stereocenters. The van der Waals surface area contributed by atoms with Gasteiger partial charge in [-0.15, -0.1) is 0 Å². The van der Waals surface area contributed by atoms with Crippen molar-refractivity contribution in [1.29, 1.82) is 0 Å². The van der Waals surface area contributed by atoms with E-state index in [0.29, 0.717) is 5.56 Å². The number of urea groups is 1. The molecule has 1 aromatic carbocycles. The van der Waals surface area contributed by atoms with Gasteiger partial charge in [0.05, 0.1) is 0 Å². The van der Waals surface area contributed by atoms with Gasteiger partial charge in [0.15, 0.2) is 0 Å². The summed E-state index contributed by atoms with van der Waals surface area (Å²) in [5.41, 5.74) is 0.344. The minimum atomic E-state index is -1.10. The van der Waals surface area contributed by atoms with Crippen molar-refractivity contribution in [2.75, 3.05) is 0 Å². The molecule has 98 valence electrons. The summed E-state index contributed by atoms with van der Waals surface area (Å²) in [6.07, 6.45) is 0.280. The Morgan fingerprint density at radius 3 is 2.61 bits per heavy atom. The first kappa shape index (κ1) is 14.0. The van der Waals surface area contributed by atoms with Gasteiger partial charge in [-0.05, 0) is 12.5 Å². The number of nitrogens with one attached hydrogen (secondary N) is 2. The third-order valence-corrected chi connectivity index (χ3v) is 2.41. The summed E-state index contributed by atoms with van der Waals surface area (Å²) in [5, 5.41) is 13.4. The fourth-order valence-electron chi connectivity index (χ4n) is 1.36. The zero-order valence-corrected chi connectivity index (χ0v) is 9.94. The van der Waals surface area contributed by atoms with Gasteiger partial charge in [-0.1, -0.05) is 25.1 Å². The number of carbonyl (C=O) groups is 2. The highest BCUT2D eigenvalue weighted by molar-refractivity contribution is 5.82. The van der Waals surface area contributed by atoms with Crippen LogP contribution in [0.2, 0.25) is 0 Å². The van der Waals surface area contributed by atoms with Gasteiger partial charge in [-0.25, -0.2) is 14.0 Å². The van der Waals surface area contributed by atoms with Crippen molar-refractivity contribution < 1.29 is 19.1 Å². The third kappa shape index (κ3) is 4.04. The van der Waals surface area contributed by atoms with Crippen molar-refractivity contribution in [3.05, 3.63) is 35.6 Å². The molecule has 0 spiro atoms. The standard InChI is InChI=1S/C12H15FN2O3/c1-2-10(11(16)17)15-12(18)14-7-8-5-3-4-6-9(8)13/h3-6,10H,2,7H2,1H3,(H,16,17)(H2,14,15,18)/t10-/m0/s1. The van der Waals surface area contributed by atoms with Crippen molar-refractivity contribution in [2.24, 2.45) is 0 Å². The van der Waals surface area contributed by atoms with Gasteiger partial charge in [-0.2, -0.15) is 0 Å². The molecule has 1 aromatic rings. The number of rotatable bonds is 5.